The smallest absolute Gasteiger partial charge is 0.309 e. The molecule has 0 heterocycles. The first-order valence-corrected chi connectivity index (χ1v) is 7.53. The zero-order valence-corrected chi connectivity index (χ0v) is 13.0. The number of carbonyl (C=O) groups is 2. The summed E-state index contributed by atoms with van der Waals surface area (Å²) in [5, 5.41) is 17.6. The normalized spacial score (nSPS) is 31.2. The van der Waals surface area contributed by atoms with Crippen LogP contribution in [0, 0.1) is 10.8 Å². The summed E-state index contributed by atoms with van der Waals surface area (Å²) >= 11 is 0. The van der Waals surface area contributed by atoms with E-state index in [2.05, 4.69) is 0 Å². The van der Waals surface area contributed by atoms with Crippen molar-refractivity contribution < 1.29 is 19.8 Å². The van der Waals surface area contributed by atoms with Crippen molar-refractivity contribution in [1.82, 2.24) is 0 Å². The zero-order valence-electron chi connectivity index (χ0n) is 13.0. The van der Waals surface area contributed by atoms with Gasteiger partial charge < -0.3 is 21.7 Å². The number of hydrogen-bond donors (Lipinski definition) is 4. The van der Waals surface area contributed by atoms with Gasteiger partial charge in [-0.3, -0.25) is 9.59 Å². The molecule has 0 aromatic carbocycles. The fraction of sp³-hybridized carbons (Fsp3) is 0.867. The second-order valence-electron chi connectivity index (χ2n) is 7.18. The van der Waals surface area contributed by atoms with Gasteiger partial charge in [0.25, 0.3) is 0 Å². The molecule has 0 spiro atoms. The fourth-order valence-electron chi connectivity index (χ4n) is 3.00. The first kappa shape index (κ1) is 17.9. The zero-order chi connectivity index (χ0) is 16.3. The number of aliphatic carboxylic acids is 2. The van der Waals surface area contributed by atoms with Gasteiger partial charge >= 0.3 is 11.9 Å². The Morgan fingerprint density at radius 3 is 1.71 bits per heavy atom. The standard InChI is InChI=1S/C9H15NO2.C6H13NO2/c10-9-4-1-8(2-5-9,3-6-9)7(11)12;1-6(2,3-4-7)5(8)9/h1-6,10H2,(H,11,12);3-4,7H2,1-2H3,(H,8,9). The van der Waals surface area contributed by atoms with Crippen LogP contribution in [-0.4, -0.2) is 34.2 Å². The van der Waals surface area contributed by atoms with Crippen LogP contribution in [0.15, 0.2) is 0 Å². The molecule has 6 nitrogen and oxygen atoms in total. The fourth-order valence-corrected chi connectivity index (χ4v) is 3.00. The van der Waals surface area contributed by atoms with Gasteiger partial charge in [0, 0.05) is 5.54 Å². The number of hydrogen-bond acceptors (Lipinski definition) is 4. The maximum atomic E-state index is 11.0. The molecule has 3 aliphatic rings. The molecule has 6 N–H and O–H groups in total. The van der Waals surface area contributed by atoms with E-state index in [4.69, 9.17) is 21.7 Å². The lowest BCUT2D eigenvalue weighted by molar-refractivity contribution is -0.156. The van der Waals surface area contributed by atoms with Crippen molar-refractivity contribution in [3.8, 4) is 0 Å². The van der Waals surface area contributed by atoms with Crippen LogP contribution >= 0.6 is 0 Å². The van der Waals surface area contributed by atoms with E-state index in [9.17, 15) is 9.59 Å². The quantitative estimate of drug-likeness (QED) is 0.624. The van der Waals surface area contributed by atoms with Crippen LogP contribution < -0.4 is 11.5 Å². The second kappa shape index (κ2) is 6.32. The van der Waals surface area contributed by atoms with Gasteiger partial charge in [0.2, 0.25) is 0 Å². The summed E-state index contributed by atoms with van der Waals surface area (Å²) in [6, 6.07) is 0. The highest BCUT2D eigenvalue weighted by atomic mass is 16.4. The highest BCUT2D eigenvalue weighted by Gasteiger charge is 2.50. The minimum absolute atomic E-state index is 0.0167. The van der Waals surface area contributed by atoms with Crippen molar-refractivity contribution in [1.29, 1.82) is 0 Å². The van der Waals surface area contributed by atoms with Crippen molar-refractivity contribution in [3.63, 3.8) is 0 Å². The third-order valence-electron chi connectivity index (χ3n) is 5.11. The molecule has 0 amide bonds. The molecule has 3 saturated carbocycles. The van der Waals surface area contributed by atoms with Crippen LogP contribution in [0.1, 0.15) is 58.8 Å². The molecule has 0 unspecified atom stereocenters. The van der Waals surface area contributed by atoms with Crippen LogP contribution in [-0.2, 0) is 9.59 Å². The number of fused-ring (bicyclic) bond motifs is 3. The third-order valence-corrected chi connectivity index (χ3v) is 5.11. The number of carboxylic acids is 2. The lowest BCUT2D eigenvalue weighted by Gasteiger charge is -2.49. The highest BCUT2D eigenvalue weighted by molar-refractivity contribution is 5.75. The van der Waals surface area contributed by atoms with Crippen LogP contribution in [0.4, 0.5) is 0 Å². The molecule has 122 valence electrons. The summed E-state index contributed by atoms with van der Waals surface area (Å²) in [5.41, 5.74) is 10.2. The Morgan fingerprint density at radius 2 is 1.48 bits per heavy atom. The number of nitrogens with two attached hydrogens (primary N) is 2. The van der Waals surface area contributed by atoms with E-state index in [1.54, 1.807) is 13.8 Å². The average molecular weight is 300 g/mol. The predicted octanol–water partition coefficient (Wildman–Crippen LogP) is 1.57. The first-order chi connectivity index (χ1) is 9.57. The van der Waals surface area contributed by atoms with E-state index >= 15 is 0 Å². The molecule has 3 rings (SSSR count). The van der Waals surface area contributed by atoms with Crippen molar-refractivity contribution >= 4 is 11.9 Å². The van der Waals surface area contributed by atoms with E-state index < -0.39 is 22.8 Å². The molecule has 0 aromatic rings. The van der Waals surface area contributed by atoms with Crippen molar-refractivity contribution in [2.45, 2.75) is 64.3 Å². The molecule has 0 radical (unpaired) electrons. The van der Waals surface area contributed by atoms with E-state index in [0.29, 0.717) is 13.0 Å². The molecule has 0 saturated heterocycles. The molecule has 21 heavy (non-hydrogen) atoms. The van der Waals surface area contributed by atoms with Crippen LogP contribution in [0.5, 0.6) is 0 Å². The summed E-state index contributed by atoms with van der Waals surface area (Å²) in [4.78, 5) is 21.4. The van der Waals surface area contributed by atoms with Gasteiger partial charge in [0.15, 0.2) is 0 Å². The Kier molecular flexibility index (Phi) is 5.39. The average Bonchev–Trinajstić information content (AvgIpc) is 2.40. The Morgan fingerprint density at radius 1 is 1.05 bits per heavy atom. The summed E-state index contributed by atoms with van der Waals surface area (Å²) in [7, 11) is 0. The summed E-state index contributed by atoms with van der Waals surface area (Å²) < 4.78 is 0. The Hall–Kier alpha value is -1.14. The van der Waals surface area contributed by atoms with Crippen LogP contribution in [0.3, 0.4) is 0 Å². The highest BCUT2D eigenvalue weighted by Crippen LogP contribution is 2.51. The van der Waals surface area contributed by atoms with Crippen LogP contribution in [0.25, 0.3) is 0 Å². The lowest BCUT2D eigenvalue weighted by Crippen LogP contribution is -2.54. The third kappa shape index (κ3) is 4.17. The van der Waals surface area contributed by atoms with Crippen molar-refractivity contribution in [3.05, 3.63) is 0 Å². The maximum Gasteiger partial charge on any atom is 0.309 e. The van der Waals surface area contributed by atoms with Gasteiger partial charge in [-0.25, -0.2) is 0 Å². The molecule has 0 atom stereocenters. The van der Waals surface area contributed by atoms with Crippen molar-refractivity contribution in [2.24, 2.45) is 22.3 Å². The first-order valence-electron chi connectivity index (χ1n) is 7.53. The molecule has 3 aliphatic carbocycles. The van der Waals surface area contributed by atoms with Gasteiger partial charge in [0.1, 0.15) is 0 Å². The lowest BCUT2D eigenvalue weighted by atomic mass is 9.58. The van der Waals surface area contributed by atoms with E-state index in [1.807, 2.05) is 0 Å². The minimum atomic E-state index is -0.784. The largest absolute Gasteiger partial charge is 0.481 e. The summed E-state index contributed by atoms with van der Waals surface area (Å²) in [6.45, 7) is 3.77. The van der Waals surface area contributed by atoms with Gasteiger partial charge in [-0.1, -0.05) is 0 Å². The molecular weight excluding hydrogens is 272 g/mol. The second-order valence-corrected chi connectivity index (χ2v) is 7.18. The summed E-state index contributed by atoms with van der Waals surface area (Å²) in [6.07, 6.45) is 5.61. The SMILES string of the molecule is CC(C)(CCN)C(=O)O.NC12CCC(C(=O)O)(CC1)CC2. The molecular formula is C15H28N2O4. The van der Waals surface area contributed by atoms with Gasteiger partial charge in [-0.05, 0) is 65.3 Å². The molecule has 0 aromatic heterocycles. The Balaban J connectivity index is 0.000000222. The number of carboxylic acid groups (broad SMARTS) is 2. The molecule has 0 aliphatic heterocycles. The topological polar surface area (TPSA) is 127 Å². The maximum absolute atomic E-state index is 11.0. The van der Waals surface area contributed by atoms with Gasteiger partial charge in [0.05, 0.1) is 10.8 Å². The molecule has 6 heteroatoms. The Bertz CT molecular complexity index is 382. The molecule has 3 fully saturated rings. The van der Waals surface area contributed by atoms with Crippen LogP contribution in [0.2, 0.25) is 0 Å². The minimum Gasteiger partial charge on any atom is -0.481 e. The predicted molar refractivity (Wildman–Crippen MR) is 79.8 cm³/mol. The van der Waals surface area contributed by atoms with E-state index in [0.717, 1.165) is 38.5 Å². The summed E-state index contributed by atoms with van der Waals surface area (Å²) in [5.74, 6) is -1.39. The van der Waals surface area contributed by atoms with Crippen molar-refractivity contribution in [2.75, 3.05) is 6.54 Å². The Labute approximate surface area is 125 Å². The van der Waals surface area contributed by atoms with Gasteiger partial charge in [-0.2, -0.15) is 0 Å². The number of rotatable bonds is 4. The van der Waals surface area contributed by atoms with E-state index in [1.165, 1.54) is 0 Å². The van der Waals surface area contributed by atoms with E-state index in [-0.39, 0.29) is 5.54 Å². The van der Waals surface area contributed by atoms with Gasteiger partial charge in [-0.15, -0.1) is 0 Å². The monoisotopic (exact) mass is 300 g/mol. The molecule has 2 bridgehead atoms.